The number of aryl methyl sites for hydroxylation is 2. The quantitative estimate of drug-likeness (QED) is 0.480. The Morgan fingerprint density at radius 3 is 1.44 bits per heavy atom. The van der Waals surface area contributed by atoms with Crippen molar-refractivity contribution in [3.05, 3.63) is 94.1 Å². The van der Waals surface area contributed by atoms with Gasteiger partial charge in [-0.25, -0.2) is 0 Å². The van der Waals surface area contributed by atoms with E-state index < -0.39 is 0 Å². The molecule has 0 aliphatic rings. The number of hydrogen-bond donors (Lipinski definition) is 0. The maximum Gasteiger partial charge on any atom is 0.0489 e. The van der Waals surface area contributed by atoms with E-state index in [1.54, 1.807) is 0 Å². The van der Waals surface area contributed by atoms with Crippen molar-refractivity contribution >= 4 is 11.8 Å². The maximum atomic E-state index is 2.39. The highest BCUT2D eigenvalue weighted by Crippen LogP contribution is 2.43. The van der Waals surface area contributed by atoms with Gasteiger partial charge >= 0.3 is 0 Å². The van der Waals surface area contributed by atoms with Gasteiger partial charge in [0.05, 0.1) is 0 Å². The van der Waals surface area contributed by atoms with Gasteiger partial charge in [-0.1, -0.05) is 83.0 Å². The predicted octanol–water partition coefficient (Wildman–Crippen LogP) is 7.75. The van der Waals surface area contributed by atoms with Crippen LogP contribution in [0.15, 0.2) is 71.8 Å². The van der Waals surface area contributed by atoms with Crippen molar-refractivity contribution in [1.29, 1.82) is 0 Å². The predicted molar refractivity (Wildman–Crippen MR) is 114 cm³/mol. The SMILES string of the molecule is CC(C)=CC(SC(C=C(C)C)c1cccc(C)c1)c1cccc(C)c1. The molecule has 0 aliphatic heterocycles. The molecule has 2 aromatic carbocycles. The smallest absolute Gasteiger partial charge is 0.0489 e. The second-order valence-corrected chi connectivity index (χ2v) is 8.58. The molecule has 0 N–H and O–H groups in total. The summed E-state index contributed by atoms with van der Waals surface area (Å²) >= 11 is 2.02. The molecule has 2 aromatic rings. The van der Waals surface area contributed by atoms with Crippen LogP contribution in [0.5, 0.6) is 0 Å². The molecule has 0 saturated heterocycles. The Morgan fingerprint density at radius 1 is 0.720 bits per heavy atom. The van der Waals surface area contributed by atoms with E-state index >= 15 is 0 Å². The van der Waals surface area contributed by atoms with E-state index in [1.807, 2.05) is 11.8 Å². The molecule has 0 radical (unpaired) electrons. The first-order valence-electron chi connectivity index (χ1n) is 8.94. The van der Waals surface area contributed by atoms with Gasteiger partial charge in [-0.05, 0) is 52.7 Å². The Hall–Kier alpha value is -1.73. The van der Waals surface area contributed by atoms with E-state index in [4.69, 9.17) is 0 Å². The third kappa shape index (κ3) is 6.25. The Labute approximate surface area is 158 Å². The summed E-state index contributed by atoms with van der Waals surface area (Å²) in [6.45, 7) is 13.1. The molecule has 0 spiro atoms. The molecular formula is C24H30S. The summed E-state index contributed by atoms with van der Waals surface area (Å²) in [6.07, 6.45) is 4.78. The van der Waals surface area contributed by atoms with Crippen LogP contribution in [0.25, 0.3) is 0 Å². The minimum atomic E-state index is 0.353. The van der Waals surface area contributed by atoms with Crippen LogP contribution in [0, 0.1) is 13.8 Å². The average molecular weight is 351 g/mol. The summed E-state index contributed by atoms with van der Waals surface area (Å²) in [7, 11) is 0. The molecular weight excluding hydrogens is 320 g/mol. The van der Waals surface area contributed by atoms with Gasteiger partial charge in [0.25, 0.3) is 0 Å². The van der Waals surface area contributed by atoms with Crippen LogP contribution in [0.2, 0.25) is 0 Å². The first kappa shape index (κ1) is 19.6. The monoisotopic (exact) mass is 350 g/mol. The molecule has 0 heterocycles. The molecule has 2 atom stereocenters. The molecule has 132 valence electrons. The highest BCUT2D eigenvalue weighted by molar-refractivity contribution is 8.00. The van der Waals surface area contributed by atoms with Crippen LogP contribution in [0.3, 0.4) is 0 Å². The Morgan fingerprint density at radius 2 is 1.12 bits per heavy atom. The number of allylic oxidation sites excluding steroid dienone is 2. The molecule has 25 heavy (non-hydrogen) atoms. The summed E-state index contributed by atoms with van der Waals surface area (Å²) in [6, 6.07) is 17.8. The minimum absolute atomic E-state index is 0.353. The normalized spacial score (nSPS) is 13.0. The molecule has 0 fully saturated rings. The average Bonchev–Trinajstić information content (AvgIpc) is 2.52. The molecule has 0 bridgehead atoms. The highest BCUT2D eigenvalue weighted by atomic mass is 32.2. The van der Waals surface area contributed by atoms with Crippen LogP contribution < -0.4 is 0 Å². The van der Waals surface area contributed by atoms with Crippen molar-refractivity contribution < 1.29 is 0 Å². The Balaban J connectivity index is 2.41. The van der Waals surface area contributed by atoms with Gasteiger partial charge in [0.1, 0.15) is 0 Å². The molecule has 0 saturated carbocycles. The maximum absolute atomic E-state index is 2.39. The number of hydrogen-bond acceptors (Lipinski definition) is 1. The summed E-state index contributed by atoms with van der Waals surface area (Å²) in [4.78, 5) is 0. The molecule has 1 heteroatoms. The second kappa shape index (κ2) is 9.10. The summed E-state index contributed by atoms with van der Waals surface area (Å²) < 4.78 is 0. The highest BCUT2D eigenvalue weighted by Gasteiger charge is 2.17. The fourth-order valence-electron chi connectivity index (χ4n) is 2.89. The van der Waals surface area contributed by atoms with E-state index in [1.165, 1.54) is 33.4 Å². The number of rotatable bonds is 6. The van der Waals surface area contributed by atoms with Crippen LogP contribution in [0.4, 0.5) is 0 Å². The molecule has 0 aliphatic carbocycles. The van der Waals surface area contributed by atoms with Crippen molar-refractivity contribution in [3.8, 4) is 0 Å². The van der Waals surface area contributed by atoms with E-state index in [0.29, 0.717) is 10.5 Å². The zero-order valence-corrected chi connectivity index (χ0v) is 17.2. The summed E-state index contributed by atoms with van der Waals surface area (Å²) in [5.74, 6) is 0. The van der Waals surface area contributed by atoms with Crippen molar-refractivity contribution in [3.63, 3.8) is 0 Å². The zero-order chi connectivity index (χ0) is 18.4. The second-order valence-electron chi connectivity index (χ2n) is 7.29. The largest absolute Gasteiger partial charge is 0.137 e. The third-order valence-electron chi connectivity index (χ3n) is 4.00. The molecule has 2 rings (SSSR count). The van der Waals surface area contributed by atoms with Crippen molar-refractivity contribution in [2.45, 2.75) is 52.0 Å². The topological polar surface area (TPSA) is 0 Å². The number of thioether (sulfide) groups is 1. The van der Waals surface area contributed by atoms with Gasteiger partial charge in [0.2, 0.25) is 0 Å². The lowest BCUT2D eigenvalue weighted by Crippen LogP contribution is -1.99. The summed E-state index contributed by atoms with van der Waals surface area (Å²) in [5, 5.41) is 0.706. The Kier molecular flexibility index (Phi) is 7.13. The lowest BCUT2D eigenvalue weighted by atomic mass is 10.1. The van der Waals surface area contributed by atoms with Gasteiger partial charge < -0.3 is 0 Å². The lowest BCUT2D eigenvalue weighted by Gasteiger charge is -2.22. The fourth-order valence-corrected chi connectivity index (χ4v) is 4.51. The van der Waals surface area contributed by atoms with Gasteiger partial charge in [0.15, 0.2) is 0 Å². The lowest BCUT2D eigenvalue weighted by molar-refractivity contribution is 1.12. The molecule has 0 nitrogen and oxygen atoms in total. The first-order valence-corrected chi connectivity index (χ1v) is 9.88. The van der Waals surface area contributed by atoms with Crippen LogP contribution in [-0.4, -0.2) is 0 Å². The Bertz CT molecular complexity index is 694. The van der Waals surface area contributed by atoms with Crippen molar-refractivity contribution in [1.82, 2.24) is 0 Å². The molecule has 0 aromatic heterocycles. The minimum Gasteiger partial charge on any atom is -0.137 e. The molecule has 0 amide bonds. The molecule has 2 unspecified atom stereocenters. The van der Waals surface area contributed by atoms with Gasteiger partial charge in [-0.2, -0.15) is 0 Å². The van der Waals surface area contributed by atoms with Gasteiger partial charge in [-0.15, -0.1) is 11.8 Å². The third-order valence-corrected chi connectivity index (χ3v) is 5.41. The number of benzene rings is 2. The van der Waals surface area contributed by atoms with E-state index in [0.717, 1.165) is 0 Å². The van der Waals surface area contributed by atoms with E-state index in [9.17, 15) is 0 Å². The van der Waals surface area contributed by atoms with Crippen molar-refractivity contribution in [2.75, 3.05) is 0 Å². The van der Waals surface area contributed by atoms with Crippen LogP contribution >= 0.6 is 11.8 Å². The van der Waals surface area contributed by atoms with E-state index in [2.05, 4.69) is 102 Å². The van der Waals surface area contributed by atoms with Crippen LogP contribution in [0.1, 0.15) is 60.4 Å². The van der Waals surface area contributed by atoms with Gasteiger partial charge in [0, 0.05) is 10.5 Å². The van der Waals surface area contributed by atoms with E-state index in [-0.39, 0.29) is 0 Å². The first-order chi connectivity index (χ1) is 11.8. The van der Waals surface area contributed by atoms with Gasteiger partial charge in [-0.3, -0.25) is 0 Å². The standard InChI is InChI=1S/C24H30S/c1-17(2)13-23(21-11-7-9-19(5)15-21)25-24(14-18(3)4)22-12-8-10-20(6)16-22/h7-16,23-24H,1-6H3. The zero-order valence-electron chi connectivity index (χ0n) is 16.3. The summed E-state index contributed by atoms with van der Waals surface area (Å²) in [5.41, 5.74) is 8.12. The van der Waals surface area contributed by atoms with Crippen LogP contribution in [-0.2, 0) is 0 Å². The van der Waals surface area contributed by atoms with Crippen molar-refractivity contribution in [2.24, 2.45) is 0 Å². The fraction of sp³-hybridized carbons (Fsp3) is 0.333.